The van der Waals surface area contributed by atoms with Crippen LogP contribution in [0.1, 0.15) is 51.2 Å². The molecule has 0 aliphatic carbocycles. The molecular weight excluding hydrogens is 578 g/mol. The van der Waals surface area contributed by atoms with Crippen LogP contribution in [0.3, 0.4) is 0 Å². The van der Waals surface area contributed by atoms with Gasteiger partial charge in [0.2, 0.25) is 0 Å². The van der Waals surface area contributed by atoms with E-state index in [1.54, 1.807) is 0 Å². The Morgan fingerprint density at radius 2 is 1.44 bits per heavy atom. The second-order valence-electron chi connectivity index (χ2n) is 12.1. The SMILES string of the molecule is CC1[C@H](O[C@H]2C(COCc3ccccc3)O[C@@H](OCCCCCN=[N+]=[N-])C(OCc3ccccc3)[C@H]2C)OC(CO)[C@H](O)[C@@H]1C. The monoisotopic (exact) mass is 627 g/mol. The van der Waals surface area contributed by atoms with Gasteiger partial charge in [0.05, 0.1) is 38.6 Å². The van der Waals surface area contributed by atoms with Gasteiger partial charge in [-0.1, -0.05) is 93.0 Å². The first-order chi connectivity index (χ1) is 21.9. The Balaban J connectivity index is 1.51. The third-order valence-corrected chi connectivity index (χ3v) is 8.87. The molecule has 2 N–H and O–H groups in total. The molecule has 2 heterocycles. The van der Waals surface area contributed by atoms with Gasteiger partial charge in [-0.05, 0) is 35.4 Å². The minimum absolute atomic E-state index is 0.135. The van der Waals surface area contributed by atoms with Crippen LogP contribution in [0.4, 0.5) is 0 Å². The molecule has 2 fully saturated rings. The predicted molar refractivity (Wildman–Crippen MR) is 168 cm³/mol. The summed E-state index contributed by atoms with van der Waals surface area (Å²) in [7, 11) is 0. The molecular formula is C34H49N3O8. The van der Waals surface area contributed by atoms with Crippen LogP contribution in [0.2, 0.25) is 0 Å². The van der Waals surface area contributed by atoms with Crippen LogP contribution >= 0.6 is 0 Å². The predicted octanol–water partition coefficient (Wildman–Crippen LogP) is 5.38. The summed E-state index contributed by atoms with van der Waals surface area (Å²) in [5.74, 6) is -0.467. The molecule has 0 radical (unpaired) electrons. The molecule has 0 bridgehead atoms. The molecule has 11 heteroatoms. The molecule has 0 amide bonds. The number of nitrogens with zero attached hydrogens (tertiary/aromatic N) is 3. The van der Waals surface area contributed by atoms with Gasteiger partial charge in [-0.3, -0.25) is 0 Å². The second-order valence-corrected chi connectivity index (χ2v) is 12.1. The Hall–Kier alpha value is -2.57. The van der Waals surface area contributed by atoms with Crippen LogP contribution in [0.25, 0.3) is 10.4 Å². The molecule has 2 aliphatic rings. The first-order valence-electron chi connectivity index (χ1n) is 16.1. The van der Waals surface area contributed by atoms with Crippen molar-refractivity contribution >= 4 is 0 Å². The highest BCUT2D eigenvalue weighted by molar-refractivity contribution is 5.14. The molecule has 248 valence electrons. The number of hydrogen-bond acceptors (Lipinski definition) is 9. The molecule has 0 aromatic heterocycles. The first-order valence-corrected chi connectivity index (χ1v) is 16.1. The lowest BCUT2D eigenvalue weighted by Crippen LogP contribution is -2.60. The summed E-state index contributed by atoms with van der Waals surface area (Å²) in [5, 5.41) is 24.1. The van der Waals surface area contributed by atoms with E-state index in [-0.39, 0.29) is 31.0 Å². The highest BCUT2D eigenvalue weighted by atomic mass is 16.7. The van der Waals surface area contributed by atoms with Gasteiger partial charge in [0.1, 0.15) is 18.3 Å². The number of aliphatic hydroxyl groups excluding tert-OH is 2. The summed E-state index contributed by atoms with van der Waals surface area (Å²) >= 11 is 0. The molecule has 2 aliphatic heterocycles. The maximum atomic E-state index is 10.6. The van der Waals surface area contributed by atoms with E-state index in [0.717, 1.165) is 30.4 Å². The van der Waals surface area contributed by atoms with Crippen molar-refractivity contribution in [1.82, 2.24) is 0 Å². The Bertz CT molecular complexity index is 1150. The second kappa shape index (κ2) is 18.5. The zero-order valence-electron chi connectivity index (χ0n) is 26.6. The normalized spacial score (nSPS) is 31.8. The third-order valence-electron chi connectivity index (χ3n) is 8.87. The molecule has 2 aromatic rings. The highest BCUT2D eigenvalue weighted by Gasteiger charge is 2.49. The van der Waals surface area contributed by atoms with Crippen LogP contribution in [0.5, 0.6) is 0 Å². The van der Waals surface area contributed by atoms with Gasteiger partial charge in [0.15, 0.2) is 12.6 Å². The summed E-state index contributed by atoms with van der Waals surface area (Å²) in [6.45, 7) is 7.66. The van der Waals surface area contributed by atoms with E-state index in [1.165, 1.54) is 0 Å². The Labute approximate surface area is 266 Å². The van der Waals surface area contributed by atoms with Gasteiger partial charge in [-0.15, -0.1) is 0 Å². The Morgan fingerprint density at radius 3 is 2.11 bits per heavy atom. The van der Waals surface area contributed by atoms with Crippen molar-refractivity contribution in [2.75, 3.05) is 26.4 Å². The lowest BCUT2D eigenvalue weighted by atomic mass is 9.84. The van der Waals surface area contributed by atoms with E-state index < -0.39 is 43.1 Å². The summed E-state index contributed by atoms with van der Waals surface area (Å²) in [5.41, 5.74) is 10.6. The van der Waals surface area contributed by atoms with Gasteiger partial charge in [0.25, 0.3) is 0 Å². The smallest absolute Gasteiger partial charge is 0.184 e. The lowest BCUT2D eigenvalue weighted by molar-refractivity contribution is -0.346. The molecule has 2 aromatic carbocycles. The summed E-state index contributed by atoms with van der Waals surface area (Å²) in [4.78, 5) is 2.81. The van der Waals surface area contributed by atoms with E-state index in [1.807, 2.05) is 74.5 Å². The van der Waals surface area contributed by atoms with Gasteiger partial charge >= 0.3 is 0 Å². The molecule has 4 unspecified atom stereocenters. The van der Waals surface area contributed by atoms with Gasteiger partial charge in [0, 0.05) is 29.9 Å². The van der Waals surface area contributed by atoms with E-state index in [9.17, 15) is 10.2 Å². The average Bonchev–Trinajstić information content (AvgIpc) is 3.06. The van der Waals surface area contributed by atoms with Crippen molar-refractivity contribution in [2.24, 2.45) is 22.9 Å². The number of benzene rings is 2. The quantitative estimate of drug-likeness (QED) is 0.103. The van der Waals surface area contributed by atoms with Crippen molar-refractivity contribution in [2.45, 2.75) is 96.3 Å². The Kier molecular flexibility index (Phi) is 14.5. The fourth-order valence-electron chi connectivity index (χ4n) is 5.89. The lowest BCUT2D eigenvalue weighted by Gasteiger charge is -2.48. The van der Waals surface area contributed by atoms with Crippen molar-refractivity contribution < 1.29 is 38.6 Å². The zero-order chi connectivity index (χ0) is 32.0. The summed E-state index contributed by atoms with van der Waals surface area (Å²) < 4.78 is 38.4. The number of unbranched alkanes of at least 4 members (excludes halogenated alkanes) is 2. The highest BCUT2D eigenvalue weighted by Crippen LogP contribution is 2.37. The maximum Gasteiger partial charge on any atom is 0.184 e. The number of ether oxygens (including phenoxy) is 6. The molecule has 2 saturated heterocycles. The van der Waals surface area contributed by atoms with Crippen molar-refractivity contribution in [3.63, 3.8) is 0 Å². The van der Waals surface area contributed by atoms with Crippen LogP contribution in [-0.4, -0.2) is 79.7 Å². The van der Waals surface area contributed by atoms with E-state index in [4.69, 9.17) is 34.0 Å². The van der Waals surface area contributed by atoms with Gasteiger partial charge < -0.3 is 38.6 Å². The first kappa shape index (κ1) is 35.3. The number of azide groups is 1. The van der Waals surface area contributed by atoms with Crippen LogP contribution < -0.4 is 0 Å². The molecule has 45 heavy (non-hydrogen) atoms. The fourth-order valence-corrected chi connectivity index (χ4v) is 5.89. The number of rotatable bonds is 17. The van der Waals surface area contributed by atoms with Crippen molar-refractivity contribution in [1.29, 1.82) is 0 Å². The molecule has 0 saturated carbocycles. The molecule has 0 spiro atoms. The number of aliphatic hydroxyl groups is 2. The third kappa shape index (κ3) is 10.2. The van der Waals surface area contributed by atoms with Crippen LogP contribution in [-0.2, 0) is 41.6 Å². The standard InChI is InChI=1S/C34H49N3O8/c1-23-24(2)33(43-28(19-38)30(23)39)45-31-25(3)32(42-21-27-15-9-5-10-16-27)34(41-18-12-6-11-17-36-37-35)44-29(31)22-40-20-26-13-7-4-8-14-26/h4-5,7-10,13-16,23-25,28-34,38-39H,6,11-12,17-22H2,1-3H3/t23-,24?,25+,28?,29?,30-,31-,32?,33+,34-/m1/s1. The number of hydrogen-bond donors (Lipinski definition) is 2. The molecule has 10 atom stereocenters. The topological polar surface area (TPSA) is 145 Å². The van der Waals surface area contributed by atoms with E-state index >= 15 is 0 Å². The average molecular weight is 628 g/mol. The van der Waals surface area contributed by atoms with Crippen molar-refractivity contribution in [3.8, 4) is 0 Å². The largest absolute Gasteiger partial charge is 0.394 e. The molecule has 11 nitrogen and oxygen atoms in total. The van der Waals surface area contributed by atoms with Crippen molar-refractivity contribution in [3.05, 3.63) is 82.2 Å². The molecule has 4 rings (SSSR count). The van der Waals surface area contributed by atoms with Crippen LogP contribution in [0.15, 0.2) is 65.8 Å². The van der Waals surface area contributed by atoms with Gasteiger partial charge in [-0.2, -0.15) is 0 Å². The minimum Gasteiger partial charge on any atom is -0.394 e. The zero-order valence-corrected chi connectivity index (χ0v) is 26.6. The van der Waals surface area contributed by atoms with E-state index in [2.05, 4.69) is 16.9 Å². The minimum atomic E-state index is -0.790. The maximum absolute atomic E-state index is 10.6. The Morgan fingerprint density at radius 1 is 0.778 bits per heavy atom. The fraction of sp³-hybridized carbons (Fsp3) is 0.647. The van der Waals surface area contributed by atoms with E-state index in [0.29, 0.717) is 26.4 Å². The van der Waals surface area contributed by atoms with Crippen LogP contribution in [0, 0.1) is 17.8 Å². The summed E-state index contributed by atoms with van der Waals surface area (Å²) in [6, 6.07) is 19.9. The van der Waals surface area contributed by atoms with Gasteiger partial charge in [-0.25, -0.2) is 0 Å². The summed E-state index contributed by atoms with van der Waals surface area (Å²) in [6.07, 6.45) is -1.88.